The van der Waals surface area contributed by atoms with Crippen molar-refractivity contribution in [3.8, 4) is 0 Å². The van der Waals surface area contributed by atoms with Crippen LogP contribution in [0.15, 0.2) is 0 Å². The van der Waals surface area contributed by atoms with Crippen molar-refractivity contribution in [1.82, 2.24) is 0 Å². The van der Waals surface area contributed by atoms with Crippen LogP contribution in [0.1, 0.15) is 32.1 Å². The molecule has 3 heteroatoms. The van der Waals surface area contributed by atoms with Crippen LogP contribution in [0.2, 0.25) is 0 Å². The van der Waals surface area contributed by atoms with Crippen molar-refractivity contribution in [1.29, 1.82) is 0 Å². The molecular formula is C7H13Br2Zn-. The van der Waals surface area contributed by atoms with Crippen LogP contribution in [-0.2, 0) is 19.5 Å². The Labute approximate surface area is 97.8 Å². The van der Waals surface area contributed by atoms with Gasteiger partial charge in [-0.15, -0.1) is 0 Å². The Kier molecular flexibility index (Phi) is 18.6. The van der Waals surface area contributed by atoms with Crippen molar-refractivity contribution in [2.45, 2.75) is 32.1 Å². The zero-order chi connectivity index (χ0) is 5.11. The summed E-state index contributed by atoms with van der Waals surface area (Å²) in [6.07, 6.45) is 7.05. The fourth-order valence-corrected chi connectivity index (χ4v) is 1.19. The molecular weight excluding hydrogens is 309 g/mol. The third-order valence-electron chi connectivity index (χ3n) is 1.72. The molecule has 0 spiro atoms. The van der Waals surface area contributed by atoms with Gasteiger partial charge in [-0.2, -0.15) is 5.92 Å². The first kappa shape index (κ1) is 17.6. The molecule has 1 aliphatic rings. The molecule has 1 aliphatic carbocycles. The van der Waals surface area contributed by atoms with Gasteiger partial charge < -0.3 is 40.9 Å². The minimum absolute atomic E-state index is 0. The topological polar surface area (TPSA) is 0 Å². The Morgan fingerprint density at radius 2 is 1.30 bits per heavy atom. The summed E-state index contributed by atoms with van der Waals surface area (Å²) in [5.74, 6) is 0.786. The maximum absolute atomic E-state index is 4.00. The summed E-state index contributed by atoms with van der Waals surface area (Å²) in [6, 6.07) is 0. The molecule has 58 valence electrons. The van der Waals surface area contributed by atoms with Crippen molar-refractivity contribution in [3.05, 3.63) is 6.92 Å². The van der Waals surface area contributed by atoms with Crippen LogP contribution in [0.25, 0.3) is 0 Å². The van der Waals surface area contributed by atoms with E-state index in [1.54, 1.807) is 0 Å². The summed E-state index contributed by atoms with van der Waals surface area (Å²) >= 11 is 0. The summed E-state index contributed by atoms with van der Waals surface area (Å²) in [6.45, 7) is 4.00. The molecule has 0 aromatic heterocycles. The van der Waals surface area contributed by atoms with Gasteiger partial charge in [0.1, 0.15) is 0 Å². The molecule has 0 heterocycles. The Morgan fingerprint density at radius 3 is 1.50 bits per heavy atom. The zero-order valence-corrected chi connectivity index (χ0v) is 12.4. The van der Waals surface area contributed by atoms with Crippen LogP contribution in [0.5, 0.6) is 0 Å². The Morgan fingerprint density at radius 1 is 0.900 bits per heavy atom. The van der Waals surface area contributed by atoms with Gasteiger partial charge in [0.2, 0.25) is 0 Å². The maximum atomic E-state index is 4.00. The number of rotatable bonds is 0. The van der Waals surface area contributed by atoms with E-state index < -0.39 is 0 Å². The molecule has 0 bridgehead atoms. The summed E-state index contributed by atoms with van der Waals surface area (Å²) in [7, 11) is 0. The molecule has 1 fully saturated rings. The minimum Gasteiger partial charge on any atom is -1.00 e. The summed E-state index contributed by atoms with van der Waals surface area (Å²) < 4.78 is 0. The van der Waals surface area contributed by atoms with Gasteiger partial charge in [0.25, 0.3) is 0 Å². The number of hydrogen-bond acceptors (Lipinski definition) is 0. The normalized spacial score (nSPS) is 17.7. The van der Waals surface area contributed by atoms with E-state index in [0.717, 1.165) is 5.92 Å². The van der Waals surface area contributed by atoms with Crippen molar-refractivity contribution in [2.24, 2.45) is 5.92 Å². The molecule has 1 rings (SSSR count). The van der Waals surface area contributed by atoms with Crippen molar-refractivity contribution >= 4 is 0 Å². The molecule has 1 saturated carbocycles. The van der Waals surface area contributed by atoms with Gasteiger partial charge in [0, 0.05) is 0 Å². The Balaban J connectivity index is -0.000000163. The minimum atomic E-state index is 0. The predicted molar refractivity (Wildman–Crippen MR) is 31.9 cm³/mol. The second-order valence-corrected chi connectivity index (χ2v) is 2.50. The van der Waals surface area contributed by atoms with Crippen molar-refractivity contribution in [2.75, 3.05) is 0 Å². The average molecular weight is 322 g/mol. The van der Waals surface area contributed by atoms with Crippen LogP contribution >= 0.6 is 0 Å². The van der Waals surface area contributed by atoms with E-state index in [1.807, 2.05) is 0 Å². The summed E-state index contributed by atoms with van der Waals surface area (Å²) in [4.78, 5) is 0. The zero-order valence-electron chi connectivity index (χ0n) is 6.28. The van der Waals surface area contributed by atoms with Crippen LogP contribution in [-0.4, -0.2) is 0 Å². The van der Waals surface area contributed by atoms with Crippen molar-refractivity contribution in [3.63, 3.8) is 0 Å². The third kappa shape index (κ3) is 7.69. The van der Waals surface area contributed by atoms with Crippen LogP contribution in [0, 0.1) is 12.8 Å². The quantitative estimate of drug-likeness (QED) is 0.319. The number of hydrogen-bond donors (Lipinski definition) is 0. The van der Waals surface area contributed by atoms with Crippen molar-refractivity contribution < 1.29 is 53.4 Å². The first-order chi connectivity index (χ1) is 3.39. The standard InChI is InChI=1S/C7H13.2BrH.Zn/c1-7-5-3-2-4-6-7;;;/h7H,1-6H2;2*1H;/q-1;;;+2/p-2. The molecule has 0 aromatic carbocycles. The van der Waals surface area contributed by atoms with Gasteiger partial charge >= 0.3 is 19.5 Å². The predicted octanol–water partition coefficient (Wildman–Crippen LogP) is -3.59. The van der Waals surface area contributed by atoms with Gasteiger partial charge in [-0.25, -0.2) is 0 Å². The first-order valence-electron chi connectivity index (χ1n) is 3.22. The van der Waals surface area contributed by atoms with E-state index in [1.165, 1.54) is 32.1 Å². The van der Waals surface area contributed by atoms with Gasteiger partial charge in [-0.05, 0) is 0 Å². The molecule has 0 unspecified atom stereocenters. The van der Waals surface area contributed by atoms with E-state index in [2.05, 4.69) is 6.92 Å². The number of halogens is 2. The molecule has 0 nitrogen and oxygen atoms in total. The molecule has 0 atom stereocenters. The summed E-state index contributed by atoms with van der Waals surface area (Å²) in [5, 5.41) is 0. The van der Waals surface area contributed by atoms with E-state index in [0.29, 0.717) is 0 Å². The molecule has 0 amide bonds. The van der Waals surface area contributed by atoms with Gasteiger partial charge in [-0.3, -0.25) is 0 Å². The van der Waals surface area contributed by atoms with Gasteiger partial charge in [0.05, 0.1) is 0 Å². The summed E-state index contributed by atoms with van der Waals surface area (Å²) in [5.41, 5.74) is 0. The SMILES string of the molecule is [Br-].[Br-].[CH2-]C1CCCCC1.[Zn+2]. The van der Waals surface area contributed by atoms with Crippen LogP contribution in [0.4, 0.5) is 0 Å². The third-order valence-corrected chi connectivity index (χ3v) is 1.72. The smallest absolute Gasteiger partial charge is 1.00 e. The molecule has 0 N–H and O–H groups in total. The van der Waals surface area contributed by atoms with Crippen LogP contribution < -0.4 is 34.0 Å². The van der Waals surface area contributed by atoms with E-state index in [4.69, 9.17) is 0 Å². The fourth-order valence-electron chi connectivity index (χ4n) is 1.19. The first-order valence-corrected chi connectivity index (χ1v) is 3.22. The maximum Gasteiger partial charge on any atom is 2.00 e. The van der Waals surface area contributed by atoms with E-state index >= 15 is 0 Å². The molecule has 10 heavy (non-hydrogen) atoms. The van der Waals surface area contributed by atoms with E-state index in [-0.39, 0.29) is 53.4 Å². The van der Waals surface area contributed by atoms with E-state index in [9.17, 15) is 0 Å². The molecule has 0 saturated heterocycles. The van der Waals surface area contributed by atoms with Crippen LogP contribution in [0.3, 0.4) is 0 Å². The molecule has 0 aromatic rings. The van der Waals surface area contributed by atoms with Gasteiger partial charge in [0.15, 0.2) is 0 Å². The average Bonchev–Trinajstić information content (AvgIpc) is 1.69. The monoisotopic (exact) mass is 319 g/mol. The fraction of sp³-hybridized carbons (Fsp3) is 0.857. The Hall–Kier alpha value is 1.58. The molecule has 0 radical (unpaired) electrons. The second kappa shape index (κ2) is 10.6. The molecule has 0 aliphatic heterocycles. The largest absolute Gasteiger partial charge is 2.00 e. The Bertz CT molecular complexity index is 53.6. The van der Waals surface area contributed by atoms with Gasteiger partial charge in [-0.1, -0.05) is 32.1 Å². The second-order valence-electron chi connectivity index (χ2n) is 2.50.